The highest BCUT2D eigenvalue weighted by molar-refractivity contribution is 5.77. The Morgan fingerprint density at radius 1 is 1.20 bits per heavy atom. The summed E-state index contributed by atoms with van der Waals surface area (Å²) in [6.07, 6.45) is 0. The fraction of sp³-hybridized carbons (Fsp3) is 0.263. The Morgan fingerprint density at radius 3 is 2.72 bits per heavy atom. The van der Waals surface area contributed by atoms with Crippen LogP contribution in [-0.2, 0) is 0 Å². The number of likely N-dealkylation sites (N-methyl/N-ethyl adjacent to an activating group) is 1. The monoisotopic (exact) mass is 341 g/mol. The fourth-order valence-corrected chi connectivity index (χ4v) is 2.57. The number of H-pyrrole nitrogens is 1. The van der Waals surface area contributed by atoms with Crippen LogP contribution in [0.1, 0.15) is 18.8 Å². The number of nitrogens with zero attached hydrogens (tertiary/aromatic N) is 2. The molecule has 0 unspecified atom stereocenters. The molecule has 0 amide bonds. The highest BCUT2D eigenvalue weighted by Crippen LogP contribution is 2.17. The highest BCUT2D eigenvalue weighted by atomic mass is 19.1. The quantitative estimate of drug-likeness (QED) is 0.748. The van der Waals surface area contributed by atoms with Crippen molar-refractivity contribution in [2.75, 3.05) is 20.2 Å². The molecule has 130 valence electrons. The summed E-state index contributed by atoms with van der Waals surface area (Å²) in [4.78, 5) is 21.6. The van der Waals surface area contributed by atoms with Gasteiger partial charge in [0.15, 0.2) is 11.6 Å². The van der Waals surface area contributed by atoms with Crippen molar-refractivity contribution in [3.05, 3.63) is 70.5 Å². The Morgan fingerprint density at radius 2 is 1.92 bits per heavy atom. The molecule has 1 aromatic heterocycles. The van der Waals surface area contributed by atoms with Crippen molar-refractivity contribution in [3.8, 4) is 5.75 Å². The first-order valence-electron chi connectivity index (χ1n) is 8.13. The molecule has 6 heteroatoms. The van der Waals surface area contributed by atoms with E-state index in [1.807, 2.05) is 37.1 Å². The average Bonchev–Trinajstić information content (AvgIpc) is 2.62. The summed E-state index contributed by atoms with van der Waals surface area (Å²) in [6.45, 7) is 2.85. The summed E-state index contributed by atoms with van der Waals surface area (Å²) < 4.78 is 19.0. The predicted octanol–water partition coefficient (Wildman–Crippen LogP) is 3.13. The number of hydrogen-bond donors (Lipinski definition) is 1. The molecular weight excluding hydrogens is 321 g/mol. The Labute approximate surface area is 145 Å². The summed E-state index contributed by atoms with van der Waals surface area (Å²) in [7, 11) is 1.91. The topological polar surface area (TPSA) is 58.2 Å². The van der Waals surface area contributed by atoms with Crippen LogP contribution in [0.25, 0.3) is 10.9 Å². The van der Waals surface area contributed by atoms with E-state index in [1.54, 1.807) is 24.3 Å². The Hall–Kier alpha value is -2.73. The van der Waals surface area contributed by atoms with E-state index in [1.165, 1.54) is 6.07 Å². The maximum absolute atomic E-state index is 13.5. The molecule has 1 atom stereocenters. The third-order valence-electron chi connectivity index (χ3n) is 4.23. The van der Waals surface area contributed by atoms with Gasteiger partial charge >= 0.3 is 0 Å². The maximum atomic E-state index is 13.5. The number of rotatable bonds is 6. The number of ether oxygens (including phenoxy) is 1. The van der Waals surface area contributed by atoms with Crippen LogP contribution in [0, 0.1) is 5.82 Å². The molecule has 5 nitrogen and oxygen atoms in total. The van der Waals surface area contributed by atoms with Crippen LogP contribution in [0.2, 0.25) is 0 Å². The van der Waals surface area contributed by atoms with E-state index in [2.05, 4.69) is 9.97 Å². The molecular formula is C19H20FN3O2. The van der Waals surface area contributed by atoms with Gasteiger partial charge in [0, 0.05) is 6.54 Å². The minimum absolute atomic E-state index is 0.110. The van der Waals surface area contributed by atoms with E-state index in [4.69, 9.17) is 4.74 Å². The van der Waals surface area contributed by atoms with Crippen molar-refractivity contribution in [2.45, 2.75) is 13.0 Å². The smallest absolute Gasteiger partial charge is 0.258 e. The number of fused-ring (bicyclic) bond motifs is 1. The van der Waals surface area contributed by atoms with Crippen molar-refractivity contribution < 1.29 is 9.13 Å². The second-order valence-electron chi connectivity index (χ2n) is 5.90. The van der Waals surface area contributed by atoms with Gasteiger partial charge in [0.05, 0.1) is 16.9 Å². The van der Waals surface area contributed by atoms with Gasteiger partial charge < -0.3 is 9.72 Å². The van der Waals surface area contributed by atoms with E-state index in [0.717, 1.165) is 0 Å². The third-order valence-corrected chi connectivity index (χ3v) is 4.23. The van der Waals surface area contributed by atoms with Gasteiger partial charge in [0.2, 0.25) is 0 Å². The highest BCUT2D eigenvalue weighted by Gasteiger charge is 2.15. The summed E-state index contributed by atoms with van der Waals surface area (Å²) in [6, 6.07) is 13.5. The SMILES string of the molecule is C[C@H](c1nc2ccccc2c(=O)[nH]1)N(C)CCOc1ccccc1F. The minimum atomic E-state index is -0.376. The van der Waals surface area contributed by atoms with Gasteiger partial charge in [0.1, 0.15) is 12.4 Å². The molecule has 3 aromatic rings. The number of nitrogens with one attached hydrogen (secondary N) is 1. The van der Waals surface area contributed by atoms with Crippen molar-refractivity contribution in [1.82, 2.24) is 14.9 Å². The molecule has 0 fully saturated rings. The Bertz CT molecular complexity index is 926. The molecule has 1 N–H and O–H groups in total. The molecule has 0 aliphatic heterocycles. The average molecular weight is 341 g/mol. The number of benzene rings is 2. The molecule has 0 saturated carbocycles. The van der Waals surface area contributed by atoms with Crippen LogP contribution >= 0.6 is 0 Å². The molecule has 0 aliphatic carbocycles. The van der Waals surface area contributed by atoms with E-state index < -0.39 is 0 Å². The molecule has 1 heterocycles. The van der Waals surface area contributed by atoms with E-state index in [9.17, 15) is 9.18 Å². The molecule has 2 aromatic carbocycles. The fourth-order valence-electron chi connectivity index (χ4n) is 2.57. The van der Waals surface area contributed by atoms with Crippen LogP contribution in [-0.4, -0.2) is 35.1 Å². The van der Waals surface area contributed by atoms with E-state index in [-0.39, 0.29) is 23.2 Å². The predicted molar refractivity (Wildman–Crippen MR) is 95.3 cm³/mol. The van der Waals surface area contributed by atoms with Crippen LogP contribution in [0.15, 0.2) is 53.3 Å². The molecule has 0 radical (unpaired) electrons. The molecule has 0 saturated heterocycles. The van der Waals surface area contributed by atoms with Gasteiger partial charge in [-0.15, -0.1) is 0 Å². The first kappa shape index (κ1) is 17.1. The van der Waals surface area contributed by atoms with Gasteiger partial charge in [-0.25, -0.2) is 9.37 Å². The summed E-state index contributed by atoms with van der Waals surface area (Å²) in [5.74, 6) is 0.455. The van der Waals surface area contributed by atoms with Gasteiger partial charge in [-0.05, 0) is 38.2 Å². The lowest BCUT2D eigenvalue weighted by atomic mass is 10.2. The molecule has 0 bridgehead atoms. The van der Waals surface area contributed by atoms with Crippen molar-refractivity contribution in [3.63, 3.8) is 0 Å². The lowest BCUT2D eigenvalue weighted by Crippen LogP contribution is -2.30. The third kappa shape index (κ3) is 3.85. The molecule has 0 aliphatic rings. The van der Waals surface area contributed by atoms with E-state index >= 15 is 0 Å². The molecule has 25 heavy (non-hydrogen) atoms. The maximum Gasteiger partial charge on any atom is 0.258 e. The summed E-state index contributed by atoms with van der Waals surface area (Å²) in [5, 5.41) is 0.573. The van der Waals surface area contributed by atoms with Gasteiger partial charge in [-0.2, -0.15) is 0 Å². The second-order valence-corrected chi connectivity index (χ2v) is 5.90. The summed E-state index contributed by atoms with van der Waals surface area (Å²) in [5.41, 5.74) is 0.521. The van der Waals surface area contributed by atoms with Crippen LogP contribution in [0.5, 0.6) is 5.75 Å². The number of para-hydroxylation sites is 2. The lowest BCUT2D eigenvalue weighted by molar-refractivity contribution is 0.192. The molecule has 0 spiro atoms. The van der Waals surface area contributed by atoms with E-state index in [0.29, 0.717) is 29.9 Å². The zero-order valence-corrected chi connectivity index (χ0v) is 14.2. The largest absolute Gasteiger partial charge is 0.489 e. The standard InChI is InChI=1S/C19H20FN3O2/c1-13(18-21-16-9-5-3-7-14(16)19(24)22-18)23(2)11-12-25-17-10-6-4-8-15(17)20/h3-10,13H,11-12H2,1-2H3,(H,21,22,24)/t13-/m1/s1. The number of aromatic amines is 1. The second kappa shape index (κ2) is 7.44. The molecule has 3 rings (SSSR count). The van der Waals surface area contributed by atoms with Crippen molar-refractivity contribution in [2.24, 2.45) is 0 Å². The van der Waals surface area contributed by atoms with Crippen LogP contribution in [0.3, 0.4) is 0 Å². The first-order chi connectivity index (χ1) is 12.1. The minimum Gasteiger partial charge on any atom is -0.489 e. The lowest BCUT2D eigenvalue weighted by Gasteiger charge is -2.24. The van der Waals surface area contributed by atoms with Crippen LogP contribution in [0.4, 0.5) is 4.39 Å². The number of halogens is 1. The number of hydrogen-bond acceptors (Lipinski definition) is 4. The van der Waals surface area contributed by atoms with Gasteiger partial charge in [-0.1, -0.05) is 24.3 Å². The number of aromatic nitrogens is 2. The zero-order chi connectivity index (χ0) is 17.8. The Kier molecular flexibility index (Phi) is 5.09. The van der Waals surface area contributed by atoms with Crippen molar-refractivity contribution >= 4 is 10.9 Å². The Balaban J connectivity index is 1.67. The van der Waals surface area contributed by atoms with Gasteiger partial charge in [0.25, 0.3) is 5.56 Å². The normalized spacial score (nSPS) is 12.5. The van der Waals surface area contributed by atoms with Crippen LogP contribution < -0.4 is 10.3 Å². The first-order valence-corrected chi connectivity index (χ1v) is 8.13. The summed E-state index contributed by atoms with van der Waals surface area (Å²) >= 11 is 0. The zero-order valence-electron chi connectivity index (χ0n) is 14.2. The van der Waals surface area contributed by atoms with Crippen molar-refractivity contribution in [1.29, 1.82) is 0 Å². The van der Waals surface area contributed by atoms with Gasteiger partial charge in [-0.3, -0.25) is 9.69 Å².